The molecule has 0 aliphatic carbocycles. The van der Waals surface area contributed by atoms with Gasteiger partial charge in [-0.3, -0.25) is 0 Å². The Labute approximate surface area is 92.1 Å². The maximum absolute atomic E-state index is 2.70. The molecule has 3 fully saturated rings. The molecule has 2 bridgehead atoms. The molecular weight excluding hydrogens is 182 g/mol. The number of hydrogen-bond acceptors (Lipinski definition) is 1. The first kappa shape index (κ1) is 9.41. The molecule has 0 saturated carbocycles. The van der Waals surface area contributed by atoms with Crippen LogP contribution < -0.4 is 4.90 Å². The Morgan fingerprint density at radius 3 is 2.40 bits per heavy atom. The van der Waals surface area contributed by atoms with Gasteiger partial charge in [0.25, 0.3) is 0 Å². The summed E-state index contributed by atoms with van der Waals surface area (Å²) in [6.45, 7) is 2.70. The Kier molecular flexibility index (Phi) is 2.49. The van der Waals surface area contributed by atoms with Crippen molar-refractivity contribution in [1.29, 1.82) is 0 Å². The van der Waals surface area contributed by atoms with Crippen LogP contribution in [0, 0.1) is 5.92 Å². The van der Waals surface area contributed by atoms with Gasteiger partial charge in [-0.15, -0.1) is 0 Å². The second-order valence-electron chi connectivity index (χ2n) is 5.06. The number of fused-ring (bicyclic) bond motifs is 3. The lowest BCUT2D eigenvalue weighted by Gasteiger charge is -2.37. The molecule has 1 aromatic carbocycles. The summed E-state index contributed by atoms with van der Waals surface area (Å²) in [5.41, 5.74) is 1.51. The minimum Gasteiger partial charge on any atom is -0.167 e. The van der Waals surface area contributed by atoms with Crippen molar-refractivity contribution in [3.05, 3.63) is 35.9 Å². The van der Waals surface area contributed by atoms with Crippen LogP contribution in [0.5, 0.6) is 0 Å². The molecule has 3 aliphatic rings. The van der Waals surface area contributed by atoms with Crippen LogP contribution in [0.25, 0.3) is 0 Å². The number of hydrogen-bond donors (Lipinski definition) is 0. The number of benzene rings is 1. The fourth-order valence-electron chi connectivity index (χ4n) is 3.19. The molecule has 4 rings (SSSR count). The minimum atomic E-state index is 0.833. The van der Waals surface area contributed by atoms with Gasteiger partial charge in [0, 0.05) is 25.7 Å². The van der Waals surface area contributed by atoms with Crippen LogP contribution in [-0.2, 0) is 6.42 Å². The van der Waals surface area contributed by atoms with Gasteiger partial charge in [0.2, 0.25) is 0 Å². The van der Waals surface area contributed by atoms with E-state index in [-0.39, 0.29) is 0 Å². The van der Waals surface area contributed by atoms with Crippen molar-refractivity contribution in [2.45, 2.75) is 31.7 Å². The molecule has 0 N–H and O–H groups in total. The quantitative estimate of drug-likeness (QED) is 0.649. The summed E-state index contributed by atoms with van der Waals surface area (Å²) in [4.78, 5) is 2.70. The van der Waals surface area contributed by atoms with Gasteiger partial charge in [-0.25, -0.2) is 0 Å². The summed E-state index contributed by atoms with van der Waals surface area (Å²) in [7, 11) is 0. The van der Waals surface area contributed by atoms with Crippen LogP contribution in [0.1, 0.15) is 24.8 Å². The minimum absolute atomic E-state index is 0.833. The third kappa shape index (κ3) is 1.93. The highest BCUT2D eigenvalue weighted by molar-refractivity contribution is 5.16. The van der Waals surface area contributed by atoms with E-state index in [2.05, 4.69) is 35.2 Å². The van der Waals surface area contributed by atoms with Crippen molar-refractivity contribution in [3.8, 4) is 0 Å². The third-order valence-electron chi connectivity index (χ3n) is 4.09. The molecule has 3 heterocycles. The zero-order valence-corrected chi connectivity index (χ0v) is 9.23. The zero-order chi connectivity index (χ0) is 10.1. The first-order chi connectivity index (χ1) is 7.42. The molecule has 1 radical (unpaired) electrons. The zero-order valence-electron chi connectivity index (χ0n) is 9.23. The van der Waals surface area contributed by atoms with Crippen LogP contribution in [0.4, 0.5) is 0 Å². The van der Waals surface area contributed by atoms with Gasteiger partial charge in [0.1, 0.15) is 19.1 Å². The lowest BCUT2D eigenvalue weighted by atomic mass is 9.81. The highest BCUT2D eigenvalue weighted by Gasteiger charge is 2.40. The average Bonchev–Trinajstić information content (AvgIpc) is 2.32. The molecule has 15 heavy (non-hydrogen) atoms. The monoisotopic (exact) mass is 201 g/mol. The number of rotatable bonds is 2. The van der Waals surface area contributed by atoms with Crippen LogP contribution in [0.15, 0.2) is 30.3 Å². The SMILES string of the molecule is c1ccc(CC2CC3CC[N+]2CC3)cc1. The Balaban J connectivity index is 1.69. The molecule has 0 aromatic heterocycles. The van der Waals surface area contributed by atoms with Gasteiger partial charge in [-0.2, -0.15) is 4.90 Å². The first-order valence-electron chi connectivity index (χ1n) is 6.20. The predicted molar refractivity (Wildman–Crippen MR) is 63.1 cm³/mol. The molecule has 3 aliphatic heterocycles. The lowest BCUT2D eigenvalue weighted by Crippen LogP contribution is -2.53. The summed E-state index contributed by atoms with van der Waals surface area (Å²) in [6, 6.07) is 11.8. The second kappa shape index (κ2) is 3.97. The van der Waals surface area contributed by atoms with Crippen molar-refractivity contribution in [3.63, 3.8) is 0 Å². The van der Waals surface area contributed by atoms with Crippen molar-refractivity contribution < 1.29 is 0 Å². The normalized spacial score (nSPS) is 34.3. The Bertz CT molecular complexity index is 311. The predicted octanol–water partition coefficient (Wildman–Crippen LogP) is 2.55. The van der Waals surface area contributed by atoms with E-state index in [1.165, 1.54) is 44.3 Å². The van der Waals surface area contributed by atoms with E-state index in [4.69, 9.17) is 0 Å². The molecule has 1 unspecified atom stereocenters. The van der Waals surface area contributed by atoms with Crippen molar-refractivity contribution in [2.75, 3.05) is 13.1 Å². The van der Waals surface area contributed by atoms with Crippen LogP contribution in [0.3, 0.4) is 0 Å². The Morgan fingerprint density at radius 2 is 1.80 bits per heavy atom. The van der Waals surface area contributed by atoms with Crippen LogP contribution >= 0.6 is 0 Å². The lowest BCUT2D eigenvalue weighted by molar-refractivity contribution is 0.127. The summed E-state index contributed by atoms with van der Waals surface area (Å²) < 4.78 is 0. The molecule has 0 spiro atoms. The van der Waals surface area contributed by atoms with E-state index < -0.39 is 0 Å². The summed E-state index contributed by atoms with van der Waals surface area (Å²) in [5, 5.41) is 0. The Morgan fingerprint density at radius 1 is 1.07 bits per heavy atom. The van der Waals surface area contributed by atoms with Gasteiger partial charge in [-0.1, -0.05) is 30.3 Å². The maximum atomic E-state index is 2.70. The fraction of sp³-hybridized carbons (Fsp3) is 0.571. The average molecular weight is 201 g/mol. The van der Waals surface area contributed by atoms with Crippen molar-refractivity contribution >= 4 is 0 Å². The van der Waals surface area contributed by atoms with E-state index in [9.17, 15) is 0 Å². The van der Waals surface area contributed by atoms with Gasteiger partial charge < -0.3 is 0 Å². The van der Waals surface area contributed by atoms with E-state index in [1.54, 1.807) is 0 Å². The topological polar surface area (TPSA) is 5.90 Å². The van der Waals surface area contributed by atoms with Gasteiger partial charge in [0.05, 0.1) is 0 Å². The fourth-order valence-corrected chi connectivity index (χ4v) is 3.19. The molecule has 3 saturated heterocycles. The number of nitrogens with zero attached hydrogens (tertiary/aromatic N) is 1. The molecule has 1 heteroatoms. The standard InChI is InChI=1S/C14H19N/c1-2-4-12(5-3-1)10-14-11-13-6-8-15(14)9-7-13/h1-5,13-14H,6-11H2/q+1. The van der Waals surface area contributed by atoms with Crippen molar-refractivity contribution in [2.24, 2.45) is 5.92 Å². The van der Waals surface area contributed by atoms with Crippen LogP contribution in [-0.4, -0.2) is 19.1 Å². The number of piperidine rings is 3. The smallest absolute Gasteiger partial charge is 0.137 e. The largest absolute Gasteiger partial charge is 0.167 e. The van der Waals surface area contributed by atoms with E-state index in [1.807, 2.05) is 0 Å². The molecule has 1 atom stereocenters. The first-order valence-corrected chi connectivity index (χ1v) is 6.20. The van der Waals surface area contributed by atoms with E-state index in [0.717, 1.165) is 12.0 Å². The molecule has 1 nitrogen and oxygen atoms in total. The van der Waals surface area contributed by atoms with Gasteiger partial charge >= 0.3 is 0 Å². The van der Waals surface area contributed by atoms with Gasteiger partial charge in [-0.05, 0) is 11.5 Å². The van der Waals surface area contributed by atoms with E-state index in [0.29, 0.717) is 0 Å². The molecule has 79 valence electrons. The molecule has 0 amide bonds. The summed E-state index contributed by atoms with van der Waals surface area (Å²) in [6.07, 6.45) is 5.60. The highest BCUT2D eigenvalue weighted by atomic mass is 15.2. The van der Waals surface area contributed by atoms with E-state index >= 15 is 0 Å². The highest BCUT2D eigenvalue weighted by Crippen LogP contribution is 2.31. The van der Waals surface area contributed by atoms with Gasteiger partial charge in [0.15, 0.2) is 0 Å². The van der Waals surface area contributed by atoms with Crippen molar-refractivity contribution in [1.82, 2.24) is 4.90 Å². The Hall–Kier alpha value is -0.820. The second-order valence-corrected chi connectivity index (χ2v) is 5.06. The maximum Gasteiger partial charge on any atom is 0.137 e. The third-order valence-corrected chi connectivity index (χ3v) is 4.09. The van der Waals surface area contributed by atoms with Crippen LogP contribution in [0.2, 0.25) is 0 Å². The molecular formula is C14H19N+. The summed E-state index contributed by atoms with van der Waals surface area (Å²) >= 11 is 0. The summed E-state index contributed by atoms with van der Waals surface area (Å²) in [5.74, 6) is 1.03. The molecule has 1 aromatic rings.